The van der Waals surface area contributed by atoms with Gasteiger partial charge in [-0.05, 0) is 37.0 Å². The Morgan fingerprint density at radius 1 is 1.08 bits per heavy atom. The highest BCUT2D eigenvalue weighted by Crippen LogP contribution is 2.36. The Kier molecular flexibility index (Phi) is 6.68. The summed E-state index contributed by atoms with van der Waals surface area (Å²) in [4.78, 5) is 3.01. The zero-order valence-corrected chi connectivity index (χ0v) is 17.6. The van der Waals surface area contributed by atoms with Gasteiger partial charge in [0.2, 0.25) is 0 Å². The minimum atomic E-state index is 0.299. The minimum Gasteiger partial charge on any atom is -0.486 e. The van der Waals surface area contributed by atoms with Gasteiger partial charge in [0.25, 0.3) is 0 Å². The second-order valence-electron chi connectivity index (χ2n) is 6.62. The van der Waals surface area contributed by atoms with Crippen LogP contribution in [-0.2, 0) is 6.61 Å². The summed E-state index contributed by atoms with van der Waals surface area (Å²) in [5.41, 5.74) is 1.73. The van der Waals surface area contributed by atoms with Crippen LogP contribution >= 0.6 is 47.0 Å². The van der Waals surface area contributed by atoms with Gasteiger partial charge in [-0.1, -0.05) is 72.1 Å². The van der Waals surface area contributed by atoms with E-state index in [1.165, 1.54) is 0 Å². The molecule has 26 heavy (non-hydrogen) atoms. The van der Waals surface area contributed by atoms with Gasteiger partial charge in [-0.3, -0.25) is 0 Å². The van der Waals surface area contributed by atoms with Gasteiger partial charge in [0.1, 0.15) is 11.6 Å². The number of halogens is 3. The largest absolute Gasteiger partial charge is 0.486 e. The molecule has 0 N–H and O–H groups in total. The van der Waals surface area contributed by atoms with Crippen molar-refractivity contribution in [3.05, 3.63) is 62.6 Å². The SMILES string of the molecule is CC1CCN(C(=S)c2cc(Cl)c(OCc3ccccc3Cl)c(Cl)c2)CC1. The molecule has 0 aliphatic carbocycles. The molecule has 0 aromatic heterocycles. The van der Waals surface area contributed by atoms with Crippen LogP contribution in [0.3, 0.4) is 0 Å². The smallest absolute Gasteiger partial charge is 0.157 e. The number of likely N-dealkylation sites (tertiary alicyclic amines) is 1. The Hall–Kier alpha value is -1.000. The van der Waals surface area contributed by atoms with Crippen LogP contribution in [-0.4, -0.2) is 23.0 Å². The van der Waals surface area contributed by atoms with Crippen molar-refractivity contribution in [2.24, 2.45) is 5.92 Å². The standard InChI is InChI=1S/C20H20Cl3NOS/c1-13-6-8-24(9-7-13)20(26)15-10-17(22)19(18(23)11-15)25-12-14-4-2-3-5-16(14)21/h2-5,10-11,13H,6-9,12H2,1H3. The summed E-state index contributed by atoms with van der Waals surface area (Å²) in [6, 6.07) is 11.2. The van der Waals surface area contributed by atoms with Crippen molar-refractivity contribution >= 4 is 52.0 Å². The summed E-state index contributed by atoms with van der Waals surface area (Å²) in [6.45, 7) is 4.52. The van der Waals surface area contributed by atoms with E-state index in [1.54, 1.807) is 0 Å². The zero-order chi connectivity index (χ0) is 18.7. The number of benzene rings is 2. The fourth-order valence-electron chi connectivity index (χ4n) is 2.98. The zero-order valence-electron chi connectivity index (χ0n) is 14.5. The van der Waals surface area contributed by atoms with Crippen LogP contribution in [0, 0.1) is 5.92 Å². The van der Waals surface area contributed by atoms with Crippen molar-refractivity contribution in [3.63, 3.8) is 0 Å². The molecule has 1 heterocycles. The first-order valence-corrected chi connectivity index (χ1v) is 10.1. The van der Waals surface area contributed by atoms with Gasteiger partial charge in [-0.2, -0.15) is 0 Å². The third kappa shape index (κ3) is 4.64. The molecule has 1 saturated heterocycles. The molecule has 2 aromatic rings. The van der Waals surface area contributed by atoms with Crippen LogP contribution in [0.2, 0.25) is 15.1 Å². The molecule has 2 nitrogen and oxygen atoms in total. The second kappa shape index (κ2) is 8.79. The van der Waals surface area contributed by atoms with Gasteiger partial charge in [0, 0.05) is 29.2 Å². The van der Waals surface area contributed by atoms with E-state index in [0.29, 0.717) is 27.4 Å². The number of hydrogen-bond acceptors (Lipinski definition) is 2. The first-order valence-electron chi connectivity index (χ1n) is 8.60. The van der Waals surface area contributed by atoms with E-state index in [-0.39, 0.29) is 0 Å². The fourth-order valence-corrected chi connectivity index (χ4v) is 4.07. The van der Waals surface area contributed by atoms with Gasteiger partial charge in [-0.25, -0.2) is 0 Å². The molecule has 138 valence electrons. The van der Waals surface area contributed by atoms with E-state index in [4.69, 9.17) is 51.8 Å². The average molecular weight is 429 g/mol. The molecule has 0 bridgehead atoms. The Labute approximate surface area is 175 Å². The van der Waals surface area contributed by atoms with Crippen molar-refractivity contribution in [1.29, 1.82) is 0 Å². The molecule has 1 fully saturated rings. The van der Waals surface area contributed by atoms with Crippen molar-refractivity contribution in [1.82, 2.24) is 4.90 Å². The molecule has 2 aromatic carbocycles. The summed E-state index contributed by atoms with van der Waals surface area (Å²) in [6.07, 6.45) is 2.31. The van der Waals surface area contributed by atoms with Gasteiger partial charge in [0.15, 0.2) is 5.75 Å². The van der Waals surface area contributed by atoms with E-state index < -0.39 is 0 Å². The Morgan fingerprint density at radius 2 is 1.69 bits per heavy atom. The Morgan fingerprint density at radius 3 is 2.31 bits per heavy atom. The highest BCUT2D eigenvalue weighted by atomic mass is 35.5. The molecule has 1 aliphatic rings. The van der Waals surface area contributed by atoms with Crippen LogP contribution in [0.4, 0.5) is 0 Å². The van der Waals surface area contributed by atoms with Gasteiger partial charge >= 0.3 is 0 Å². The first-order chi connectivity index (χ1) is 12.5. The molecule has 0 atom stereocenters. The van der Waals surface area contributed by atoms with Crippen LogP contribution in [0.25, 0.3) is 0 Å². The summed E-state index contributed by atoms with van der Waals surface area (Å²) >= 11 is 24.7. The summed E-state index contributed by atoms with van der Waals surface area (Å²) in [7, 11) is 0. The van der Waals surface area contributed by atoms with E-state index in [9.17, 15) is 0 Å². The third-order valence-electron chi connectivity index (χ3n) is 4.65. The van der Waals surface area contributed by atoms with Gasteiger partial charge in [-0.15, -0.1) is 0 Å². The number of rotatable bonds is 4. The first kappa shape index (κ1) is 19.8. The molecule has 0 amide bonds. The summed E-state index contributed by atoms with van der Waals surface area (Å²) in [5.74, 6) is 1.20. The van der Waals surface area contributed by atoms with E-state index in [2.05, 4.69) is 11.8 Å². The maximum Gasteiger partial charge on any atom is 0.157 e. The lowest BCUT2D eigenvalue weighted by molar-refractivity contribution is 0.284. The lowest BCUT2D eigenvalue weighted by Gasteiger charge is -2.32. The molecule has 1 aliphatic heterocycles. The quantitative estimate of drug-likeness (QED) is 0.507. The molecular weight excluding hydrogens is 409 g/mol. The number of thiocarbonyl (C=S) groups is 1. The molecule has 0 spiro atoms. The predicted molar refractivity (Wildman–Crippen MR) is 114 cm³/mol. The molecule has 3 rings (SSSR count). The molecule has 0 saturated carbocycles. The molecular formula is C20H20Cl3NOS. The van der Waals surface area contributed by atoms with Crippen LogP contribution in [0.15, 0.2) is 36.4 Å². The normalized spacial score (nSPS) is 15.2. The van der Waals surface area contributed by atoms with Crippen LogP contribution in [0.5, 0.6) is 5.75 Å². The Balaban J connectivity index is 1.74. The van der Waals surface area contributed by atoms with E-state index in [0.717, 1.165) is 48.0 Å². The maximum atomic E-state index is 6.43. The molecule has 0 radical (unpaired) electrons. The van der Waals surface area contributed by atoms with Gasteiger partial charge in [0.05, 0.1) is 10.0 Å². The number of nitrogens with zero attached hydrogens (tertiary/aromatic N) is 1. The second-order valence-corrected chi connectivity index (χ2v) is 8.23. The van der Waals surface area contributed by atoms with Crippen LogP contribution in [0.1, 0.15) is 30.9 Å². The lowest BCUT2D eigenvalue weighted by atomic mass is 9.99. The maximum absolute atomic E-state index is 6.43. The predicted octanol–water partition coefficient (Wildman–Crippen LogP) is 6.63. The van der Waals surface area contributed by atoms with Crippen molar-refractivity contribution in [3.8, 4) is 5.75 Å². The number of hydrogen-bond donors (Lipinski definition) is 0. The summed E-state index contributed by atoms with van der Waals surface area (Å²) < 4.78 is 5.82. The van der Waals surface area contributed by atoms with E-state index >= 15 is 0 Å². The van der Waals surface area contributed by atoms with Crippen molar-refractivity contribution < 1.29 is 4.74 Å². The highest BCUT2D eigenvalue weighted by Gasteiger charge is 2.20. The van der Waals surface area contributed by atoms with Crippen LogP contribution < -0.4 is 4.74 Å². The third-order valence-corrected chi connectivity index (χ3v) is 6.07. The molecule has 0 unspecified atom stereocenters. The Bertz CT molecular complexity index is 780. The number of piperidine rings is 1. The van der Waals surface area contributed by atoms with Crippen molar-refractivity contribution in [2.75, 3.05) is 13.1 Å². The van der Waals surface area contributed by atoms with Gasteiger partial charge < -0.3 is 9.64 Å². The molecule has 6 heteroatoms. The lowest BCUT2D eigenvalue weighted by Crippen LogP contribution is -2.37. The monoisotopic (exact) mass is 427 g/mol. The fraction of sp³-hybridized carbons (Fsp3) is 0.350. The average Bonchev–Trinajstić information content (AvgIpc) is 2.62. The van der Waals surface area contributed by atoms with Crippen molar-refractivity contribution in [2.45, 2.75) is 26.4 Å². The highest BCUT2D eigenvalue weighted by molar-refractivity contribution is 7.80. The minimum absolute atomic E-state index is 0.299. The van der Waals surface area contributed by atoms with E-state index in [1.807, 2.05) is 36.4 Å². The topological polar surface area (TPSA) is 12.5 Å². The number of ether oxygens (including phenoxy) is 1. The summed E-state index contributed by atoms with van der Waals surface area (Å²) in [5, 5.41) is 1.55.